The third kappa shape index (κ3) is 2.05. The van der Waals surface area contributed by atoms with Crippen molar-refractivity contribution < 1.29 is 0 Å². The molecule has 0 saturated heterocycles. The zero-order chi connectivity index (χ0) is 10.6. The Morgan fingerprint density at radius 3 is 2.86 bits per heavy atom. The second-order valence-electron chi connectivity index (χ2n) is 3.03. The van der Waals surface area contributed by atoms with Crippen molar-refractivity contribution in [2.75, 3.05) is 0 Å². The minimum absolute atomic E-state index is 0.313. The van der Waals surface area contributed by atoms with Crippen LogP contribution in [0.3, 0.4) is 0 Å². The summed E-state index contributed by atoms with van der Waals surface area (Å²) in [4.78, 5) is 0. The molecule has 0 spiro atoms. The number of aryl methyl sites for hydroxylation is 1. The molecule has 1 rings (SSSR count). The molecule has 0 saturated carbocycles. The number of nitrogens with zero attached hydrogens (tertiary/aromatic N) is 1. The second kappa shape index (κ2) is 4.33. The monoisotopic (exact) mass is 185 g/mol. The van der Waals surface area contributed by atoms with E-state index in [0.29, 0.717) is 17.7 Å². The molecule has 0 amide bonds. The Labute approximate surface area is 83.0 Å². The lowest BCUT2D eigenvalue weighted by atomic mass is 10.0. The summed E-state index contributed by atoms with van der Waals surface area (Å²) in [5, 5.41) is 23.3. The number of hydrogen-bond acceptors (Lipinski definition) is 3. The van der Waals surface area contributed by atoms with Crippen molar-refractivity contribution in [3.63, 3.8) is 0 Å². The highest BCUT2D eigenvalue weighted by Crippen LogP contribution is 2.11. The molecule has 0 unspecified atom stereocenters. The largest absolute Gasteiger partial charge is 0.313 e. The summed E-state index contributed by atoms with van der Waals surface area (Å²) in [6, 6.07) is 7.41. The highest BCUT2D eigenvalue weighted by atomic mass is 14.4. The average molecular weight is 185 g/mol. The first kappa shape index (κ1) is 10.1. The van der Waals surface area contributed by atoms with Gasteiger partial charge in [0.2, 0.25) is 0 Å². The van der Waals surface area contributed by atoms with Crippen molar-refractivity contribution in [2.24, 2.45) is 0 Å². The van der Waals surface area contributed by atoms with E-state index in [0.717, 1.165) is 11.1 Å². The first-order valence-corrected chi connectivity index (χ1v) is 4.26. The van der Waals surface area contributed by atoms with Gasteiger partial charge in [0.25, 0.3) is 0 Å². The molecule has 70 valence electrons. The van der Waals surface area contributed by atoms with Gasteiger partial charge in [0.15, 0.2) is 0 Å². The first-order chi connectivity index (χ1) is 6.69. The number of hydrogen-bond donors (Lipinski definition) is 2. The fraction of sp³-hybridized carbons (Fsp3) is 0.182. The highest BCUT2D eigenvalue weighted by molar-refractivity contribution is 6.05. The van der Waals surface area contributed by atoms with Gasteiger partial charge in [-0.1, -0.05) is 12.1 Å². The zero-order valence-corrected chi connectivity index (χ0v) is 7.96. The fourth-order valence-electron chi connectivity index (χ4n) is 1.15. The Kier molecular flexibility index (Phi) is 3.14. The molecule has 0 fully saturated rings. The Morgan fingerprint density at radius 1 is 1.57 bits per heavy atom. The van der Waals surface area contributed by atoms with Gasteiger partial charge in [-0.05, 0) is 24.1 Å². The zero-order valence-electron chi connectivity index (χ0n) is 7.96. The molecular weight excluding hydrogens is 174 g/mol. The lowest BCUT2D eigenvalue weighted by Gasteiger charge is -2.03. The summed E-state index contributed by atoms with van der Waals surface area (Å²) in [5.41, 5.74) is 2.60. The Bertz CT molecular complexity index is 413. The van der Waals surface area contributed by atoms with E-state index >= 15 is 0 Å². The molecule has 3 nitrogen and oxygen atoms in total. The van der Waals surface area contributed by atoms with Crippen LogP contribution in [0, 0.1) is 29.1 Å². The molecule has 0 aliphatic carbocycles. The average Bonchev–Trinajstić information content (AvgIpc) is 2.19. The van der Waals surface area contributed by atoms with E-state index in [1.54, 1.807) is 6.07 Å². The number of benzene rings is 1. The van der Waals surface area contributed by atoms with Crippen molar-refractivity contribution in [1.82, 2.24) is 0 Å². The predicted octanol–water partition coefficient (Wildman–Crippen LogP) is 2.27. The third-order valence-electron chi connectivity index (χ3n) is 2.01. The molecule has 0 aromatic heterocycles. The Hall–Kier alpha value is -1.95. The van der Waals surface area contributed by atoms with Crippen LogP contribution in [0.2, 0.25) is 0 Å². The maximum absolute atomic E-state index is 8.79. The van der Waals surface area contributed by atoms with Crippen LogP contribution in [0.25, 0.3) is 0 Å². The minimum atomic E-state index is 0.313. The summed E-state index contributed by atoms with van der Waals surface area (Å²) in [6.07, 6.45) is 1.50. The molecule has 0 heterocycles. The molecule has 14 heavy (non-hydrogen) atoms. The van der Waals surface area contributed by atoms with Crippen LogP contribution in [-0.4, -0.2) is 11.9 Å². The molecule has 1 aromatic rings. The normalized spacial score (nSPS) is 9.14. The van der Waals surface area contributed by atoms with Crippen LogP contribution in [0.5, 0.6) is 0 Å². The van der Waals surface area contributed by atoms with Crippen LogP contribution in [-0.2, 0) is 0 Å². The molecule has 1 aromatic carbocycles. The lowest BCUT2D eigenvalue weighted by Crippen LogP contribution is -2.00. The van der Waals surface area contributed by atoms with Gasteiger partial charge >= 0.3 is 0 Å². The van der Waals surface area contributed by atoms with Crippen molar-refractivity contribution in [3.8, 4) is 6.07 Å². The van der Waals surface area contributed by atoms with Gasteiger partial charge in [0, 0.05) is 18.3 Å². The van der Waals surface area contributed by atoms with Crippen LogP contribution in [0.1, 0.15) is 23.1 Å². The predicted molar refractivity (Wildman–Crippen MR) is 56.1 cm³/mol. The molecule has 0 radical (unpaired) electrons. The Balaban J connectivity index is 3.07. The molecule has 0 bridgehead atoms. The van der Waals surface area contributed by atoms with Crippen LogP contribution < -0.4 is 0 Å². The standard InChI is InChI=1S/C11H11N3/c1-8-2-3-9(6-10(8)7-13)11(14)4-5-12/h2-3,5-6,12,14H,4H2,1H3. The summed E-state index contributed by atoms with van der Waals surface area (Å²) in [5.74, 6) is 0. The number of nitriles is 1. The fourth-order valence-corrected chi connectivity index (χ4v) is 1.15. The Morgan fingerprint density at radius 2 is 2.29 bits per heavy atom. The van der Waals surface area contributed by atoms with Crippen molar-refractivity contribution in [2.45, 2.75) is 13.3 Å². The van der Waals surface area contributed by atoms with Crippen molar-refractivity contribution in [1.29, 1.82) is 16.1 Å². The molecular formula is C11H11N3. The minimum Gasteiger partial charge on any atom is -0.313 e. The molecule has 0 aliphatic heterocycles. The molecule has 0 atom stereocenters. The number of nitrogens with one attached hydrogen (secondary N) is 2. The molecule has 2 N–H and O–H groups in total. The number of rotatable bonds is 3. The second-order valence-corrected chi connectivity index (χ2v) is 3.03. The van der Waals surface area contributed by atoms with E-state index in [9.17, 15) is 0 Å². The van der Waals surface area contributed by atoms with Gasteiger partial charge < -0.3 is 10.8 Å². The summed E-state index contributed by atoms with van der Waals surface area (Å²) in [6.45, 7) is 1.86. The van der Waals surface area contributed by atoms with Crippen molar-refractivity contribution >= 4 is 11.9 Å². The van der Waals surface area contributed by atoms with Crippen LogP contribution in [0.4, 0.5) is 0 Å². The van der Waals surface area contributed by atoms with E-state index in [4.69, 9.17) is 16.1 Å². The molecule has 3 heteroatoms. The third-order valence-corrected chi connectivity index (χ3v) is 2.01. The van der Waals surface area contributed by atoms with E-state index in [-0.39, 0.29) is 0 Å². The maximum atomic E-state index is 8.79. The SMILES string of the molecule is Cc1ccc(C(=N)CC=N)cc1C#N. The van der Waals surface area contributed by atoms with E-state index < -0.39 is 0 Å². The van der Waals surface area contributed by atoms with Gasteiger partial charge in [0.05, 0.1) is 11.6 Å². The first-order valence-electron chi connectivity index (χ1n) is 4.26. The summed E-state index contributed by atoms with van der Waals surface area (Å²) in [7, 11) is 0. The maximum Gasteiger partial charge on any atom is 0.0994 e. The van der Waals surface area contributed by atoms with Gasteiger partial charge in [0.1, 0.15) is 0 Å². The molecule has 0 aliphatic rings. The van der Waals surface area contributed by atoms with Gasteiger partial charge in [-0.25, -0.2) is 0 Å². The van der Waals surface area contributed by atoms with Crippen LogP contribution in [0.15, 0.2) is 18.2 Å². The summed E-state index contributed by atoms with van der Waals surface area (Å²) >= 11 is 0. The highest BCUT2D eigenvalue weighted by Gasteiger charge is 2.03. The quantitative estimate of drug-likeness (QED) is 0.696. The van der Waals surface area contributed by atoms with E-state index in [1.807, 2.05) is 19.1 Å². The van der Waals surface area contributed by atoms with Crippen molar-refractivity contribution in [3.05, 3.63) is 34.9 Å². The van der Waals surface area contributed by atoms with Gasteiger partial charge in [-0.2, -0.15) is 5.26 Å². The van der Waals surface area contributed by atoms with E-state index in [1.165, 1.54) is 6.21 Å². The van der Waals surface area contributed by atoms with E-state index in [2.05, 4.69) is 6.07 Å². The smallest absolute Gasteiger partial charge is 0.0994 e. The topological polar surface area (TPSA) is 71.5 Å². The van der Waals surface area contributed by atoms with Gasteiger partial charge in [-0.15, -0.1) is 0 Å². The lowest BCUT2D eigenvalue weighted by molar-refractivity contribution is 1.35. The van der Waals surface area contributed by atoms with Crippen LogP contribution >= 0.6 is 0 Å². The van der Waals surface area contributed by atoms with Gasteiger partial charge in [-0.3, -0.25) is 0 Å². The summed E-state index contributed by atoms with van der Waals surface area (Å²) < 4.78 is 0.